The first-order chi connectivity index (χ1) is 8.00. The van der Waals surface area contributed by atoms with Crippen LogP contribution in [0.25, 0.3) is 0 Å². The van der Waals surface area contributed by atoms with Crippen LogP contribution in [-0.2, 0) is 0 Å². The molecule has 0 fully saturated rings. The van der Waals surface area contributed by atoms with Crippen molar-refractivity contribution in [1.82, 2.24) is 10.2 Å². The summed E-state index contributed by atoms with van der Waals surface area (Å²) in [5, 5.41) is 5.26. The Kier molecular flexibility index (Phi) is 4.51. The van der Waals surface area contributed by atoms with E-state index in [1.807, 2.05) is 32.0 Å². The Morgan fingerprint density at radius 1 is 1.12 bits per heavy atom. The summed E-state index contributed by atoms with van der Waals surface area (Å²) in [5.41, 5.74) is 0.654. The topological polar surface area (TPSA) is 61.4 Å². The molecule has 0 unspecified atom stereocenters. The molecule has 0 radical (unpaired) electrons. The highest BCUT2D eigenvalue weighted by atomic mass is 16.2. The van der Waals surface area contributed by atoms with Gasteiger partial charge < -0.3 is 10.6 Å². The van der Waals surface area contributed by atoms with E-state index in [1.165, 1.54) is 7.05 Å². The standard InChI is InChI=1S/C12H17N3O2/c1-9(2)13-11(16)15(3)12(17)14-10-7-5-4-6-8-10/h4-9H,1-3H3,(H,13,16)(H,14,17). The van der Waals surface area contributed by atoms with Crippen LogP contribution in [0.1, 0.15) is 13.8 Å². The number of rotatable bonds is 2. The molecule has 1 aromatic carbocycles. The zero-order chi connectivity index (χ0) is 12.8. The maximum absolute atomic E-state index is 11.7. The zero-order valence-corrected chi connectivity index (χ0v) is 10.2. The Hall–Kier alpha value is -2.04. The molecular weight excluding hydrogens is 218 g/mol. The Morgan fingerprint density at radius 3 is 2.24 bits per heavy atom. The number of hydrogen-bond donors (Lipinski definition) is 2. The van der Waals surface area contributed by atoms with E-state index in [-0.39, 0.29) is 6.04 Å². The number of urea groups is 2. The van der Waals surface area contributed by atoms with E-state index in [2.05, 4.69) is 10.6 Å². The van der Waals surface area contributed by atoms with Crippen LogP contribution in [0.4, 0.5) is 15.3 Å². The van der Waals surface area contributed by atoms with Gasteiger partial charge in [0.25, 0.3) is 0 Å². The van der Waals surface area contributed by atoms with Crippen LogP contribution in [0.3, 0.4) is 0 Å². The normalized spacial score (nSPS) is 9.88. The third kappa shape index (κ3) is 4.14. The van der Waals surface area contributed by atoms with Gasteiger partial charge >= 0.3 is 12.1 Å². The monoisotopic (exact) mass is 235 g/mol. The number of hydrogen-bond acceptors (Lipinski definition) is 2. The van der Waals surface area contributed by atoms with Gasteiger partial charge in [0.1, 0.15) is 0 Å². The number of benzene rings is 1. The molecule has 1 rings (SSSR count). The van der Waals surface area contributed by atoms with Gasteiger partial charge in [0.2, 0.25) is 0 Å². The average Bonchev–Trinajstić information content (AvgIpc) is 2.28. The third-order valence-electron chi connectivity index (χ3n) is 2.05. The second-order valence-corrected chi connectivity index (χ2v) is 3.96. The second kappa shape index (κ2) is 5.89. The number of para-hydroxylation sites is 1. The quantitative estimate of drug-likeness (QED) is 0.826. The van der Waals surface area contributed by atoms with Gasteiger partial charge in [0.15, 0.2) is 0 Å². The summed E-state index contributed by atoms with van der Waals surface area (Å²) in [6.45, 7) is 3.67. The molecule has 5 heteroatoms. The summed E-state index contributed by atoms with van der Waals surface area (Å²) in [6.07, 6.45) is 0. The Labute approximate surface area is 101 Å². The van der Waals surface area contributed by atoms with Crippen molar-refractivity contribution in [1.29, 1.82) is 0 Å². The van der Waals surface area contributed by atoms with Crippen molar-refractivity contribution in [2.45, 2.75) is 19.9 Å². The van der Waals surface area contributed by atoms with Crippen molar-refractivity contribution in [2.75, 3.05) is 12.4 Å². The lowest BCUT2D eigenvalue weighted by molar-refractivity contribution is 0.200. The van der Waals surface area contributed by atoms with E-state index in [0.29, 0.717) is 5.69 Å². The lowest BCUT2D eigenvalue weighted by Gasteiger charge is -2.18. The molecule has 1 aromatic rings. The fraction of sp³-hybridized carbons (Fsp3) is 0.333. The molecule has 0 heterocycles. The average molecular weight is 235 g/mol. The van der Waals surface area contributed by atoms with Crippen LogP contribution in [0.5, 0.6) is 0 Å². The Balaban J connectivity index is 2.56. The van der Waals surface area contributed by atoms with Crippen molar-refractivity contribution in [2.24, 2.45) is 0 Å². The number of nitrogens with zero attached hydrogens (tertiary/aromatic N) is 1. The van der Waals surface area contributed by atoms with Crippen LogP contribution in [0.2, 0.25) is 0 Å². The summed E-state index contributed by atoms with van der Waals surface area (Å²) in [4.78, 5) is 24.2. The van der Waals surface area contributed by atoms with E-state index < -0.39 is 12.1 Å². The van der Waals surface area contributed by atoms with E-state index in [0.717, 1.165) is 4.90 Å². The molecule has 0 bridgehead atoms. The fourth-order valence-electron chi connectivity index (χ4n) is 1.16. The Bertz CT molecular complexity index is 390. The molecule has 0 aliphatic heterocycles. The van der Waals surface area contributed by atoms with Gasteiger partial charge in [-0.1, -0.05) is 18.2 Å². The number of carbonyl (C=O) groups is 2. The Morgan fingerprint density at radius 2 is 1.71 bits per heavy atom. The minimum Gasteiger partial charge on any atom is -0.335 e. The zero-order valence-electron chi connectivity index (χ0n) is 10.2. The third-order valence-corrected chi connectivity index (χ3v) is 2.05. The summed E-state index contributed by atoms with van der Waals surface area (Å²) in [7, 11) is 1.43. The first-order valence-electron chi connectivity index (χ1n) is 5.41. The first-order valence-corrected chi connectivity index (χ1v) is 5.41. The van der Waals surface area contributed by atoms with Crippen LogP contribution < -0.4 is 10.6 Å². The molecule has 0 saturated carbocycles. The van der Waals surface area contributed by atoms with Crippen LogP contribution in [-0.4, -0.2) is 30.1 Å². The highest BCUT2D eigenvalue weighted by Gasteiger charge is 2.16. The van der Waals surface area contributed by atoms with Crippen molar-refractivity contribution in [3.63, 3.8) is 0 Å². The number of carbonyl (C=O) groups excluding carboxylic acids is 2. The molecular formula is C12H17N3O2. The number of amides is 4. The summed E-state index contributed by atoms with van der Waals surface area (Å²) in [6, 6.07) is 8.09. The minimum absolute atomic E-state index is 0.00512. The lowest BCUT2D eigenvalue weighted by atomic mass is 10.3. The number of imide groups is 1. The molecule has 17 heavy (non-hydrogen) atoms. The maximum Gasteiger partial charge on any atom is 0.329 e. The highest BCUT2D eigenvalue weighted by molar-refractivity contribution is 6.00. The molecule has 92 valence electrons. The summed E-state index contributed by atoms with van der Waals surface area (Å²) in [5.74, 6) is 0. The lowest BCUT2D eigenvalue weighted by Crippen LogP contribution is -2.45. The van der Waals surface area contributed by atoms with Crippen LogP contribution >= 0.6 is 0 Å². The van der Waals surface area contributed by atoms with Crippen molar-refractivity contribution in [3.8, 4) is 0 Å². The largest absolute Gasteiger partial charge is 0.335 e. The van der Waals surface area contributed by atoms with Crippen LogP contribution in [0.15, 0.2) is 30.3 Å². The summed E-state index contributed by atoms with van der Waals surface area (Å²) >= 11 is 0. The van der Waals surface area contributed by atoms with Gasteiger partial charge in [0.05, 0.1) is 0 Å². The predicted molar refractivity (Wildman–Crippen MR) is 66.9 cm³/mol. The van der Waals surface area contributed by atoms with Crippen molar-refractivity contribution >= 4 is 17.7 Å². The number of nitrogens with one attached hydrogen (secondary N) is 2. The van der Waals surface area contributed by atoms with Gasteiger partial charge in [-0.05, 0) is 26.0 Å². The van der Waals surface area contributed by atoms with Gasteiger partial charge in [-0.3, -0.25) is 0 Å². The van der Waals surface area contributed by atoms with Gasteiger partial charge in [-0.2, -0.15) is 0 Å². The molecule has 4 amide bonds. The molecule has 2 N–H and O–H groups in total. The molecule has 0 aliphatic rings. The van der Waals surface area contributed by atoms with E-state index in [9.17, 15) is 9.59 Å². The maximum atomic E-state index is 11.7. The smallest absolute Gasteiger partial charge is 0.329 e. The first kappa shape index (κ1) is 13.0. The molecule has 0 saturated heterocycles. The summed E-state index contributed by atoms with van der Waals surface area (Å²) < 4.78 is 0. The molecule has 0 aromatic heterocycles. The van der Waals surface area contributed by atoms with Crippen LogP contribution in [0, 0.1) is 0 Å². The van der Waals surface area contributed by atoms with E-state index >= 15 is 0 Å². The van der Waals surface area contributed by atoms with Crippen molar-refractivity contribution < 1.29 is 9.59 Å². The highest BCUT2D eigenvalue weighted by Crippen LogP contribution is 2.05. The predicted octanol–water partition coefficient (Wildman–Crippen LogP) is 2.27. The molecule has 0 atom stereocenters. The van der Waals surface area contributed by atoms with Gasteiger partial charge in [0, 0.05) is 18.8 Å². The van der Waals surface area contributed by atoms with E-state index in [4.69, 9.17) is 0 Å². The molecule has 5 nitrogen and oxygen atoms in total. The number of anilines is 1. The van der Waals surface area contributed by atoms with E-state index in [1.54, 1.807) is 12.1 Å². The minimum atomic E-state index is -0.464. The SMILES string of the molecule is CC(C)NC(=O)N(C)C(=O)Nc1ccccc1. The second-order valence-electron chi connectivity index (χ2n) is 3.96. The molecule has 0 spiro atoms. The molecule has 0 aliphatic carbocycles. The van der Waals surface area contributed by atoms with Crippen molar-refractivity contribution in [3.05, 3.63) is 30.3 Å². The van der Waals surface area contributed by atoms with Gasteiger partial charge in [-0.15, -0.1) is 0 Å². The van der Waals surface area contributed by atoms with Gasteiger partial charge in [-0.25, -0.2) is 14.5 Å². The fourth-order valence-corrected chi connectivity index (χ4v) is 1.16.